The van der Waals surface area contributed by atoms with Gasteiger partial charge in [-0.3, -0.25) is 14.6 Å². The van der Waals surface area contributed by atoms with Gasteiger partial charge in [-0.15, -0.1) is 11.3 Å². The lowest BCUT2D eigenvalue weighted by atomic mass is 10.1. The molecule has 0 aliphatic carbocycles. The summed E-state index contributed by atoms with van der Waals surface area (Å²) in [7, 11) is 3.11. The first-order chi connectivity index (χ1) is 19.0. The number of hydrogen-bond donors (Lipinski definition) is 0. The van der Waals surface area contributed by atoms with Crippen LogP contribution >= 0.6 is 27.3 Å². The van der Waals surface area contributed by atoms with E-state index in [1.165, 1.54) is 7.11 Å². The second kappa shape index (κ2) is 12.8. The fraction of sp³-hybridized carbons (Fsp3) is 0.300. The van der Waals surface area contributed by atoms with Crippen molar-refractivity contribution in [2.45, 2.75) is 0 Å². The van der Waals surface area contributed by atoms with Gasteiger partial charge in [0.1, 0.15) is 23.9 Å². The number of carbonyl (C=O) groups excluding carboxylic acids is 1. The molecule has 2 heterocycles. The second-order valence-corrected chi connectivity index (χ2v) is 11.2. The lowest BCUT2D eigenvalue weighted by Gasteiger charge is -2.33. The molecule has 9 heteroatoms. The summed E-state index contributed by atoms with van der Waals surface area (Å²) in [6.45, 7) is 5.33. The average Bonchev–Trinajstić information content (AvgIpc) is 3.32. The van der Waals surface area contributed by atoms with Gasteiger partial charge < -0.3 is 18.9 Å². The zero-order valence-corrected chi connectivity index (χ0v) is 24.4. The van der Waals surface area contributed by atoms with Crippen LogP contribution in [0.25, 0.3) is 20.5 Å². The Labute approximate surface area is 241 Å². The molecule has 0 saturated carbocycles. The lowest BCUT2D eigenvalue weighted by Crippen LogP contribution is -2.48. The Morgan fingerprint density at radius 1 is 0.872 bits per heavy atom. The minimum Gasteiger partial charge on any atom is -0.497 e. The van der Waals surface area contributed by atoms with Crippen molar-refractivity contribution in [1.82, 2.24) is 9.80 Å². The van der Waals surface area contributed by atoms with Crippen LogP contribution in [0.4, 0.5) is 0 Å². The number of nitrogens with zero attached hydrogens (tertiary/aromatic N) is 2. The smallest absolute Gasteiger partial charge is 0.319 e. The van der Waals surface area contributed by atoms with E-state index in [1.54, 1.807) is 18.4 Å². The Kier molecular flexibility index (Phi) is 9.03. The molecule has 5 rings (SSSR count). The maximum absolute atomic E-state index is 11.5. The highest BCUT2D eigenvalue weighted by Gasteiger charge is 2.19. The first kappa shape index (κ1) is 27.5. The fourth-order valence-corrected chi connectivity index (χ4v) is 5.93. The summed E-state index contributed by atoms with van der Waals surface area (Å²) >= 11 is 5.22. The molecule has 0 N–H and O–H groups in total. The van der Waals surface area contributed by atoms with Crippen LogP contribution in [0.3, 0.4) is 0 Å². The van der Waals surface area contributed by atoms with Gasteiger partial charge in [0.15, 0.2) is 5.75 Å². The van der Waals surface area contributed by atoms with Gasteiger partial charge in [-0.05, 0) is 60.2 Å². The van der Waals surface area contributed by atoms with Gasteiger partial charge >= 0.3 is 5.97 Å². The zero-order chi connectivity index (χ0) is 27.2. The monoisotopic (exact) mass is 610 g/mol. The SMILES string of the molecule is COC(=O)CN1CCN(CCOc2ccc(Oc3c(-c4ccc(Br)cc4)sc4cc(OC)ccc34)cc2)CC1. The van der Waals surface area contributed by atoms with Crippen molar-refractivity contribution < 1.29 is 23.7 Å². The Balaban J connectivity index is 1.21. The van der Waals surface area contributed by atoms with Gasteiger partial charge in [0, 0.05) is 47.3 Å². The highest BCUT2D eigenvalue weighted by molar-refractivity contribution is 9.10. The Morgan fingerprint density at radius 3 is 2.23 bits per heavy atom. The summed E-state index contributed by atoms with van der Waals surface area (Å²) in [6, 6.07) is 22.1. The van der Waals surface area contributed by atoms with E-state index in [2.05, 4.69) is 43.9 Å². The van der Waals surface area contributed by atoms with E-state index in [-0.39, 0.29) is 5.97 Å². The Morgan fingerprint density at radius 2 is 1.54 bits per heavy atom. The number of esters is 1. The summed E-state index contributed by atoms with van der Waals surface area (Å²) < 4.78 is 24.8. The number of methoxy groups -OCH3 is 2. The van der Waals surface area contributed by atoms with Crippen molar-refractivity contribution >= 4 is 43.3 Å². The summed E-state index contributed by atoms with van der Waals surface area (Å²) in [6.07, 6.45) is 0. The van der Waals surface area contributed by atoms with Crippen molar-refractivity contribution in [3.63, 3.8) is 0 Å². The Bertz CT molecular complexity index is 1400. The molecule has 0 bridgehead atoms. The minimum atomic E-state index is -0.184. The predicted molar refractivity (Wildman–Crippen MR) is 158 cm³/mol. The quantitative estimate of drug-likeness (QED) is 0.195. The van der Waals surface area contributed by atoms with Crippen LogP contribution in [0.15, 0.2) is 71.2 Å². The third-order valence-electron chi connectivity index (χ3n) is 6.72. The van der Waals surface area contributed by atoms with Gasteiger partial charge in [-0.2, -0.15) is 0 Å². The summed E-state index contributed by atoms with van der Waals surface area (Å²) in [5.74, 6) is 3.02. The molecule has 1 saturated heterocycles. The standard InChI is InChI=1S/C30H31BrN2O5S/c1-35-25-11-12-26-27(19-25)39-30(21-3-5-22(31)6-4-21)29(26)38-24-9-7-23(8-10-24)37-18-17-32-13-15-33(16-14-32)20-28(34)36-2/h3-12,19H,13-18,20H2,1-2H3. The predicted octanol–water partition coefficient (Wildman–Crippen LogP) is 6.30. The summed E-state index contributed by atoms with van der Waals surface area (Å²) in [5.41, 5.74) is 1.10. The third kappa shape index (κ3) is 6.91. The van der Waals surface area contributed by atoms with Crippen molar-refractivity contribution in [2.75, 3.05) is 60.1 Å². The van der Waals surface area contributed by atoms with Crippen molar-refractivity contribution in [3.05, 3.63) is 71.2 Å². The third-order valence-corrected chi connectivity index (χ3v) is 8.43. The van der Waals surface area contributed by atoms with E-state index in [1.807, 2.05) is 48.5 Å². The second-order valence-electron chi connectivity index (χ2n) is 9.25. The van der Waals surface area contributed by atoms with Crippen LogP contribution in [-0.2, 0) is 9.53 Å². The molecule has 3 aromatic carbocycles. The van der Waals surface area contributed by atoms with Crippen molar-refractivity contribution in [1.29, 1.82) is 0 Å². The molecule has 0 amide bonds. The molecule has 0 atom stereocenters. The van der Waals surface area contributed by atoms with E-state index in [0.717, 1.165) is 80.7 Å². The molecule has 39 heavy (non-hydrogen) atoms. The van der Waals surface area contributed by atoms with Gasteiger partial charge in [-0.25, -0.2) is 0 Å². The van der Waals surface area contributed by atoms with Crippen LogP contribution in [0.1, 0.15) is 0 Å². The number of thiophene rings is 1. The van der Waals surface area contributed by atoms with Gasteiger partial charge in [-0.1, -0.05) is 28.1 Å². The topological polar surface area (TPSA) is 60.5 Å². The lowest BCUT2D eigenvalue weighted by molar-refractivity contribution is -0.142. The molecule has 204 valence electrons. The van der Waals surface area contributed by atoms with Crippen LogP contribution < -0.4 is 14.2 Å². The number of fused-ring (bicyclic) bond motifs is 1. The number of ether oxygens (including phenoxy) is 4. The number of carbonyl (C=O) groups is 1. The zero-order valence-electron chi connectivity index (χ0n) is 22.0. The molecule has 0 spiro atoms. The first-order valence-corrected chi connectivity index (χ1v) is 14.4. The summed E-state index contributed by atoms with van der Waals surface area (Å²) in [4.78, 5) is 17.0. The first-order valence-electron chi connectivity index (χ1n) is 12.8. The number of rotatable bonds is 10. The maximum Gasteiger partial charge on any atom is 0.319 e. The molecule has 1 aromatic heterocycles. The van der Waals surface area contributed by atoms with Gasteiger partial charge in [0.2, 0.25) is 0 Å². The Hall–Kier alpha value is -3.11. The highest BCUT2D eigenvalue weighted by Crippen LogP contribution is 2.47. The van der Waals surface area contributed by atoms with Crippen LogP contribution in [0.2, 0.25) is 0 Å². The average molecular weight is 612 g/mol. The van der Waals surface area contributed by atoms with Crippen LogP contribution in [-0.4, -0.2) is 75.9 Å². The molecule has 1 aliphatic rings. The minimum absolute atomic E-state index is 0.184. The molecule has 7 nitrogen and oxygen atoms in total. The summed E-state index contributed by atoms with van der Waals surface area (Å²) in [5, 5.41) is 1.05. The normalized spacial score (nSPS) is 14.3. The highest BCUT2D eigenvalue weighted by atomic mass is 79.9. The van der Waals surface area contributed by atoms with E-state index in [0.29, 0.717) is 13.2 Å². The van der Waals surface area contributed by atoms with Crippen molar-refractivity contribution in [2.24, 2.45) is 0 Å². The molecule has 4 aromatic rings. The maximum atomic E-state index is 11.5. The molecule has 0 unspecified atom stereocenters. The van der Waals surface area contributed by atoms with Gasteiger partial charge in [0.05, 0.1) is 25.6 Å². The van der Waals surface area contributed by atoms with E-state index < -0.39 is 0 Å². The van der Waals surface area contributed by atoms with E-state index in [4.69, 9.17) is 18.9 Å². The molecule has 0 radical (unpaired) electrons. The largest absolute Gasteiger partial charge is 0.497 e. The number of hydrogen-bond acceptors (Lipinski definition) is 8. The molecule has 1 aliphatic heterocycles. The van der Waals surface area contributed by atoms with E-state index >= 15 is 0 Å². The van der Waals surface area contributed by atoms with E-state index in [9.17, 15) is 4.79 Å². The number of benzene rings is 3. The molecular weight excluding hydrogens is 580 g/mol. The molecular formula is C30H31BrN2O5S. The van der Waals surface area contributed by atoms with Crippen LogP contribution in [0.5, 0.6) is 23.0 Å². The fourth-order valence-electron chi connectivity index (χ4n) is 4.51. The van der Waals surface area contributed by atoms with Gasteiger partial charge in [0.25, 0.3) is 0 Å². The molecule has 1 fully saturated rings. The van der Waals surface area contributed by atoms with Crippen LogP contribution in [0, 0.1) is 0 Å². The van der Waals surface area contributed by atoms with Crippen molar-refractivity contribution in [3.8, 4) is 33.4 Å². The number of piperazine rings is 1. The number of halogens is 1.